The SMILES string of the molecule is CCOC(=O)c1nc(C2=C(C)C=C(C)CC(C(C)(C)C)=C2)n[nH]1. The molecular weight excluding hydrogens is 290 g/mol. The Morgan fingerprint density at radius 1 is 1.30 bits per heavy atom. The van der Waals surface area contributed by atoms with Crippen LogP contribution in [-0.2, 0) is 4.74 Å². The Labute approximate surface area is 137 Å². The predicted octanol–water partition coefficient (Wildman–Crippen LogP) is 4.08. The molecule has 0 amide bonds. The normalized spacial score (nSPS) is 15.9. The van der Waals surface area contributed by atoms with Crippen LogP contribution >= 0.6 is 0 Å². The van der Waals surface area contributed by atoms with Crippen LogP contribution in [-0.4, -0.2) is 27.8 Å². The van der Waals surface area contributed by atoms with Crippen LogP contribution in [0.1, 0.15) is 64.4 Å². The molecule has 0 spiro atoms. The highest BCUT2D eigenvalue weighted by atomic mass is 16.5. The van der Waals surface area contributed by atoms with Gasteiger partial charge in [-0.25, -0.2) is 9.78 Å². The lowest BCUT2D eigenvalue weighted by Gasteiger charge is -2.23. The highest BCUT2D eigenvalue weighted by Gasteiger charge is 2.22. The molecule has 1 N–H and O–H groups in total. The van der Waals surface area contributed by atoms with Gasteiger partial charge in [0.15, 0.2) is 5.82 Å². The fraction of sp³-hybridized carbons (Fsp3) is 0.500. The summed E-state index contributed by atoms with van der Waals surface area (Å²) in [5, 5.41) is 6.88. The Morgan fingerprint density at radius 3 is 2.61 bits per heavy atom. The van der Waals surface area contributed by atoms with Gasteiger partial charge in [0.05, 0.1) is 6.61 Å². The summed E-state index contributed by atoms with van der Waals surface area (Å²) >= 11 is 0. The average molecular weight is 315 g/mol. The molecule has 0 aliphatic heterocycles. The van der Waals surface area contributed by atoms with Gasteiger partial charge in [0.2, 0.25) is 5.82 Å². The van der Waals surface area contributed by atoms with Gasteiger partial charge < -0.3 is 4.74 Å². The highest BCUT2D eigenvalue weighted by molar-refractivity contribution is 5.86. The molecule has 0 atom stereocenters. The summed E-state index contributed by atoms with van der Waals surface area (Å²) in [6, 6.07) is 0. The number of carbonyl (C=O) groups excluding carboxylic acids is 1. The van der Waals surface area contributed by atoms with Gasteiger partial charge in [-0.15, -0.1) is 0 Å². The summed E-state index contributed by atoms with van der Waals surface area (Å²) < 4.78 is 4.96. The van der Waals surface area contributed by atoms with E-state index in [2.05, 4.69) is 55.0 Å². The molecule has 23 heavy (non-hydrogen) atoms. The van der Waals surface area contributed by atoms with E-state index in [-0.39, 0.29) is 11.2 Å². The summed E-state index contributed by atoms with van der Waals surface area (Å²) in [4.78, 5) is 16.1. The third-order valence-electron chi connectivity index (χ3n) is 3.83. The minimum absolute atomic E-state index is 0.0608. The maximum Gasteiger partial charge on any atom is 0.375 e. The number of rotatable bonds is 3. The zero-order valence-electron chi connectivity index (χ0n) is 14.8. The predicted molar refractivity (Wildman–Crippen MR) is 90.8 cm³/mol. The van der Waals surface area contributed by atoms with E-state index in [1.165, 1.54) is 11.1 Å². The molecule has 1 aliphatic carbocycles. The summed E-state index contributed by atoms with van der Waals surface area (Å²) in [5.41, 5.74) is 4.72. The molecule has 5 nitrogen and oxygen atoms in total. The third kappa shape index (κ3) is 3.97. The molecule has 0 unspecified atom stereocenters. The largest absolute Gasteiger partial charge is 0.460 e. The van der Waals surface area contributed by atoms with E-state index in [9.17, 15) is 4.79 Å². The number of H-pyrrole nitrogens is 1. The lowest BCUT2D eigenvalue weighted by atomic mass is 9.82. The first kappa shape index (κ1) is 17.2. The monoisotopic (exact) mass is 315 g/mol. The van der Waals surface area contributed by atoms with Gasteiger partial charge in [0.25, 0.3) is 0 Å². The van der Waals surface area contributed by atoms with E-state index in [4.69, 9.17) is 4.74 Å². The lowest BCUT2D eigenvalue weighted by molar-refractivity contribution is 0.0512. The zero-order valence-corrected chi connectivity index (χ0v) is 14.8. The number of hydrogen-bond acceptors (Lipinski definition) is 4. The van der Waals surface area contributed by atoms with Gasteiger partial charge >= 0.3 is 5.97 Å². The molecule has 0 saturated heterocycles. The Bertz CT molecular complexity index is 700. The number of aromatic amines is 1. The maximum atomic E-state index is 11.8. The zero-order chi connectivity index (χ0) is 17.2. The van der Waals surface area contributed by atoms with Crippen LogP contribution in [0.25, 0.3) is 5.57 Å². The van der Waals surface area contributed by atoms with E-state index < -0.39 is 5.97 Å². The van der Waals surface area contributed by atoms with Crippen molar-refractivity contribution < 1.29 is 9.53 Å². The van der Waals surface area contributed by atoms with Crippen LogP contribution in [0, 0.1) is 5.41 Å². The first-order valence-electron chi connectivity index (χ1n) is 7.91. The molecule has 0 bridgehead atoms. The van der Waals surface area contributed by atoms with E-state index in [1.54, 1.807) is 6.92 Å². The fourth-order valence-corrected chi connectivity index (χ4v) is 2.53. The van der Waals surface area contributed by atoms with Crippen molar-refractivity contribution in [3.05, 3.63) is 40.5 Å². The molecule has 0 radical (unpaired) electrons. The Morgan fingerprint density at radius 2 is 2.00 bits per heavy atom. The van der Waals surface area contributed by atoms with Crippen LogP contribution < -0.4 is 0 Å². The minimum Gasteiger partial charge on any atom is -0.460 e. The third-order valence-corrected chi connectivity index (χ3v) is 3.83. The summed E-state index contributed by atoms with van der Waals surface area (Å²) in [6.45, 7) is 12.9. The highest BCUT2D eigenvalue weighted by Crippen LogP contribution is 2.36. The first-order valence-corrected chi connectivity index (χ1v) is 7.91. The first-order chi connectivity index (χ1) is 10.7. The van der Waals surface area contributed by atoms with Crippen molar-refractivity contribution in [2.24, 2.45) is 5.41 Å². The quantitative estimate of drug-likeness (QED) is 0.853. The topological polar surface area (TPSA) is 67.9 Å². The van der Waals surface area contributed by atoms with Crippen molar-refractivity contribution in [1.82, 2.24) is 15.2 Å². The van der Waals surface area contributed by atoms with Gasteiger partial charge in [0, 0.05) is 5.57 Å². The van der Waals surface area contributed by atoms with Crippen LogP contribution in [0.2, 0.25) is 0 Å². The van der Waals surface area contributed by atoms with Crippen molar-refractivity contribution in [3.8, 4) is 0 Å². The summed E-state index contributed by atoms with van der Waals surface area (Å²) in [6.07, 6.45) is 5.24. The van der Waals surface area contributed by atoms with Gasteiger partial charge in [-0.3, -0.25) is 5.10 Å². The van der Waals surface area contributed by atoms with E-state index in [1.807, 2.05) is 6.92 Å². The van der Waals surface area contributed by atoms with Gasteiger partial charge in [-0.2, -0.15) is 5.10 Å². The molecule has 0 saturated carbocycles. The van der Waals surface area contributed by atoms with Crippen molar-refractivity contribution in [3.63, 3.8) is 0 Å². The molecule has 1 heterocycles. The Hall–Kier alpha value is -2.17. The number of nitrogens with zero attached hydrogens (tertiary/aromatic N) is 2. The number of ether oxygens (including phenoxy) is 1. The van der Waals surface area contributed by atoms with Crippen LogP contribution in [0.4, 0.5) is 0 Å². The second kappa shape index (κ2) is 6.52. The van der Waals surface area contributed by atoms with Crippen molar-refractivity contribution >= 4 is 11.5 Å². The molecule has 2 rings (SSSR count). The van der Waals surface area contributed by atoms with E-state index in [0.29, 0.717) is 12.4 Å². The van der Waals surface area contributed by atoms with Gasteiger partial charge in [0.1, 0.15) is 0 Å². The summed E-state index contributed by atoms with van der Waals surface area (Å²) in [7, 11) is 0. The number of aromatic nitrogens is 3. The van der Waals surface area contributed by atoms with Crippen molar-refractivity contribution in [1.29, 1.82) is 0 Å². The molecular formula is C18H25N3O2. The molecule has 124 valence electrons. The molecule has 5 heteroatoms. The maximum absolute atomic E-state index is 11.8. The number of nitrogens with one attached hydrogen (secondary N) is 1. The Balaban J connectivity index is 2.47. The summed E-state index contributed by atoms with van der Waals surface area (Å²) in [5.74, 6) is 0.181. The molecule has 1 aromatic rings. The smallest absolute Gasteiger partial charge is 0.375 e. The number of allylic oxidation sites excluding steroid dienone is 6. The van der Waals surface area contributed by atoms with Crippen LogP contribution in [0.15, 0.2) is 28.9 Å². The van der Waals surface area contributed by atoms with Crippen molar-refractivity contribution in [2.75, 3.05) is 6.61 Å². The van der Waals surface area contributed by atoms with Crippen LogP contribution in [0.5, 0.6) is 0 Å². The second-order valence-corrected chi connectivity index (χ2v) is 6.91. The molecule has 1 aromatic heterocycles. The van der Waals surface area contributed by atoms with Crippen molar-refractivity contribution in [2.45, 2.75) is 48.0 Å². The van der Waals surface area contributed by atoms with Crippen LogP contribution in [0.3, 0.4) is 0 Å². The minimum atomic E-state index is -0.482. The van der Waals surface area contributed by atoms with E-state index >= 15 is 0 Å². The second-order valence-electron chi connectivity index (χ2n) is 6.91. The lowest BCUT2D eigenvalue weighted by Crippen LogP contribution is -2.10. The standard InChI is InChI=1S/C18H25N3O2/c1-7-23-17(22)16-19-15(20-21-16)14-10-13(18(4,5)6)9-11(2)8-12(14)3/h8,10H,7,9H2,1-6H3,(H,19,20,21). The molecule has 0 fully saturated rings. The number of esters is 1. The number of hydrogen-bond donors (Lipinski definition) is 1. The van der Waals surface area contributed by atoms with Gasteiger partial charge in [-0.1, -0.05) is 44.1 Å². The van der Waals surface area contributed by atoms with Gasteiger partial charge in [-0.05, 0) is 38.2 Å². The Kier molecular flexibility index (Phi) is 4.88. The number of carbonyl (C=O) groups is 1. The average Bonchev–Trinajstić information content (AvgIpc) is 2.85. The fourth-order valence-electron chi connectivity index (χ4n) is 2.53. The molecule has 1 aliphatic rings. The van der Waals surface area contributed by atoms with E-state index in [0.717, 1.165) is 17.6 Å². The molecule has 0 aromatic carbocycles.